The van der Waals surface area contributed by atoms with Crippen molar-refractivity contribution >= 4 is 58.3 Å². The van der Waals surface area contributed by atoms with Gasteiger partial charge in [-0.1, -0.05) is 49.4 Å². The largest absolute Gasteiger partial charge is 0.444 e. The molecule has 296 valence electrons. The minimum atomic E-state index is -0.677. The highest BCUT2D eigenvalue weighted by Gasteiger charge is 2.29. The van der Waals surface area contributed by atoms with E-state index in [2.05, 4.69) is 46.6 Å². The van der Waals surface area contributed by atoms with Crippen LogP contribution in [0.1, 0.15) is 129 Å². The quantitative estimate of drug-likeness (QED) is 0.0912. The van der Waals surface area contributed by atoms with E-state index in [1.807, 2.05) is 57.2 Å². The van der Waals surface area contributed by atoms with Gasteiger partial charge in [0.1, 0.15) is 17.2 Å². The zero-order chi connectivity index (χ0) is 39.8. The first kappa shape index (κ1) is 40.0. The number of amides is 3. The molecule has 0 unspecified atom stereocenters. The molecular formula is C39H49ClN12O4. The molecule has 4 aromatic heterocycles. The van der Waals surface area contributed by atoms with Gasteiger partial charge in [0, 0.05) is 41.4 Å². The second-order valence-electron chi connectivity index (χ2n) is 15.3. The Hall–Kier alpha value is -5.64. The summed E-state index contributed by atoms with van der Waals surface area (Å²) in [6.07, 6.45) is 10.4. The summed E-state index contributed by atoms with van der Waals surface area (Å²) in [5.41, 5.74) is 13.3. The first-order valence-electron chi connectivity index (χ1n) is 19.1. The number of nitrogens with one attached hydrogen (secondary N) is 4. The maximum Gasteiger partial charge on any atom is 0.407 e. The lowest BCUT2D eigenvalue weighted by Crippen LogP contribution is -2.49. The van der Waals surface area contributed by atoms with Crippen LogP contribution >= 0.6 is 11.6 Å². The first-order chi connectivity index (χ1) is 26.8. The van der Waals surface area contributed by atoms with Gasteiger partial charge in [-0.2, -0.15) is 0 Å². The zero-order valence-electron chi connectivity index (χ0n) is 31.8. The number of nitrogens with two attached hydrogens (primary N) is 2. The van der Waals surface area contributed by atoms with Crippen LogP contribution in [0.4, 0.5) is 33.6 Å². The summed E-state index contributed by atoms with van der Waals surface area (Å²) < 4.78 is 5.43. The van der Waals surface area contributed by atoms with Gasteiger partial charge < -0.3 is 37.5 Å². The van der Waals surface area contributed by atoms with Crippen molar-refractivity contribution in [1.82, 2.24) is 35.7 Å². The van der Waals surface area contributed by atoms with E-state index >= 15 is 0 Å². The fourth-order valence-corrected chi connectivity index (χ4v) is 6.84. The van der Waals surface area contributed by atoms with Gasteiger partial charge in [-0.25, -0.2) is 14.8 Å². The average Bonchev–Trinajstić information content (AvgIpc) is 3.07. The molecule has 0 aliphatic heterocycles. The van der Waals surface area contributed by atoms with Crippen LogP contribution in [-0.4, -0.2) is 66.0 Å². The van der Waals surface area contributed by atoms with E-state index in [9.17, 15) is 14.4 Å². The summed E-state index contributed by atoms with van der Waals surface area (Å²) in [6, 6.07) is 14.6. The number of carbonyl (C=O) groups excluding carboxylic acids is 3. The second-order valence-corrected chi connectivity index (χ2v) is 15.7. The number of halogens is 1. The van der Waals surface area contributed by atoms with Crippen LogP contribution < -0.4 is 32.7 Å². The predicted molar refractivity (Wildman–Crippen MR) is 213 cm³/mol. The number of pyridine rings is 2. The molecule has 3 fully saturated rings. The monoisotopic (exact) mass is 784 g/mol. The van der Waals surface area contributed by atoms with E-state index in [1.54, 1.807) is 6.07 Å². The third-order valence-corrected chi connectivity index (χ3v) is 10.1. The van der Waals surface area contributed by atoms with E-state index < -0.39 is 23.5 Å². The maximum absolute atomic E-state index is 12.3. The van der Waals surface area contributed by atoms with Gasteiger partial charge in [0.15, 0.2) is 22.4 Å². The van der Waals surface area contributed by atoms with Gasteiger partial charge in [-0.3, -0.25) is 9.59 Å². The third kappa shape index (κ3) is 10.8. The number of hydrogen-bond donors (Lipinski definition) is 6. The van der Waals surface area contributed by atoms with E-state index in [-0.39, 0.29) is 28.6 Å². The van der Waals surface area contributed by atoms with Gasteiger partial charge >= 0.3 is 6.09 Å². The van der Waals surface area contributed by atoms with Crippen molar-refractivity contribution in [2.24, 2.45) is 11.5 Å². The standard InChI is InChI=1S/C25H35N7O3.C14H14ClN5O/c1-25(2,3)35-24(34)30-18-11-5-4-10-17(18)28-21-14-19(22(23(26)33)32-31-21)29-20-13-7-12-16(27-20)15-8-6-9-15;15-11-7-10(13(14(16)21)20-19-11)18-12-6-2-5-9(17-12)8-3-1-4-8/h7,12-15,17-18H,4-6,8-11H2,1-3H3,(H2,26,33)(H,30,34)(H2,27,28,29,31);2,5-8H,1,3-4H2,(H2,16,21)(H,17,18,19)/t17-,18+;/m1./s1. The Morgan fingerprint density at radius 3 is 1.70 bits per heavy atom. The summed E-state index contributed by atoms with van der Waals surface area (Å²) in [6.45, 7) is 5.51. The Balaban J connectivity index is 0.000000215. The maximum atomic E-state index is 12.3. The Morgan fingerprint density at radius 1 is 0.679 bits per heavy atom. The normalized spacial score (nSPS) is 18.2. The van der Waals surface area contributed by atoms with Crippen molar-refractivity contribution in [3.63, 3.8) is 0 Å². The van der Waals surface area contributed by atoms with Crippen LogP contribution in [0.25, 0.3) is 0 Å². The number of rotatable bonds is 11. The van der Waals surface area contributed by atoms with Crippen molar-refractivity contribution in [1.29, 1.82) is 0 Å². The average molecular weight is 785 g/mol. The van der Waals surface area contributed by atoms with E-state index in [4.69, 9.17) is 32.8 Å². The molecule has 0 bridgehead atoms. The summed E-state index contributed by atoms with van der Waals surface area (Å²) in [5.74, 6) is 1.41. The lowest BCUT2D eigenvalue weighted by molar-refractivity contribution is 0.0488. The van der Waals surface area contributed by atoms with Gasteiger partial charge in [0.05, 0.1) is 17.4 Å². The summed E-state index contributed by atoms with van der Waals surface area (Å²) in [7, 11) is 0. The molecule has 3 amide bonds. The van der Waals surface area contributed by atoms with Crippen LogP contribution in [0.2, 0.25) is 5.15 Å². The molecule has 16 nitrogen and oxygen atoms in total. The molecule has 8 N–H and O–H groups in total. The van der Waals surface area contributed by atoms with Crippen molar-refractivity contribution < 1.29 is 19.1 Å². The van der Waals surface area contributed by atoms with E-state index in [0.29, 0.717) is 40.7 Å². The number of primary amides is 2. The SMILES string of the molecule is CC(C)(C)OC(=O)N[C@H]1CCCC[C@H]1Nc1cc(Nc2cccc(C3CCC3)n2)c(C(N)=O)nn1.NC(=O)c1nnc(Cl)cc1Nc1cccc(C2CCC2)n1. The molecule has 17 heteroatoms. The van der Waals surface area contributed by atoms with Crippen molar-refractivity contribution in [3.8, 4) is 0 Å². The highest BCUT2D eigenvalue weighted by Crippen LogP contribution is 2.37. The molecule has 0 saturated heterocycles. The van der Waals surface area contributed by atoms with Crippen molar-refractivity contribution in [2.75, 3.05) is 16.0 Å². The third-order valence-electron chi connectivity index (χ3n) is 9.94. The number of anilines is 5. The molecule has 3 aliphatic carbocycles. The lowest BCUT2D eigenvalue weighted by atomic mass is 9.83. The Morgan fingerprint density at radius 2 is 1.20 bits per heavy atom. The van der Waals surface area contributed by atoms with Gasteiger partial charge in [0.2, 0.25) is 0 Å². The predicted octanol–water partition coefficient (Wildman–Crippen LogP) is 6.86. The minimum Gasteiger partial charge on any atom is -0.444 e. The van der Waals surface area contributed by atoms with Crippen LogP contribution in [-0.2, 0) is 4.74 Å². The lowest BCUT2D eigenvalue weighted by Gasteiger charge is -2.33. The van der Waals surface area contributed by atoms with Crippen molar-refractivity contribution in [3.05, 3.63) is 76.5 Å². The number of nitrogens with zero attached hydrogens (tertiary/aromatic N) is 6. The van der Waals surface area contributed by atoms with Gasteiger partial charge in [-0.05, 0) is 83.6 Å². The number of aromatic nitrogens is 6. The van der Waals surface area contributed by atoms with Crippen LogP contribution in [0.3, 0.4) is 0 Å². The summed E-state index contributed by atoms with van der Waals surface area (Å²) in [5, 5.41) is 28.4. The molecule has 0 aromatic carbocycles. The highest BCUT2D eigenvalue weighted by atomic mass is 35.5. The van der Waals surface area contributed by atoms with E-state index in [1.165, 1.54) is 31.7 Å². The Kier molecular flexibility index (Phi) is 12.8. The smallest absolute Gasteiger partial charge is 0.407 e. The molecule has 56 heavy (non-hydrogen) atoms. The summed E-state index contributed by atoms with van der Waals surface area (Å²) in [4.78, 5) is 45.0. The van der Waals surface area contributed by atoms with Crippen molar-refractivity contribution in [2.45, 2.75) is 114 Å². The highest BCUT2D eigenvalue weighted by molar-refractivity contribution is 6.29. The van der Waals surface area contributed by atoms with Crippen LogP contribution in [0, 0.1) is 0 Å². The zero-order valence-corrected chi connectivity index (χ0v) is 32.6. The van der Waals surface area contributed by atoms with Gasteiger partial charge in [-0.15, -0.1) is 20.4 Å². The molecule has 0 spiro atoms. The molecule has 3 saturated carbocycles. The molecule has 4 aromatic rings. The number of alkyl carbamates (subject to hydrolysis) is 1. The molecule has 7 rings (SSSR count). The molecule has 4 heterocycles. The molecule has 3 aliphatic rings. The Bertz CT molecular complexity index is 2040. The fraction of sp³-hybridized carbons (Fsp3) is 0.462. The number of hydrogen-bond acceptors (Lipinski definition) is 13. The van der Waals surface area contributed by atoms with Crippen LogP contribution in [0.5, 0.6) is 0 Å². The van der Waals surface area contributed by atoms with Crippen LogP contribution in [0.15, 0.2) is 48.5 Å². The van der Waals surface area contributed by atoms with E-state index in [0.717, 1.165) is 49.9 Å². The minimum absolute atomic E-state index is 0.0373. The number of carbonyl (C=O) groups is 3. The number of ether oxygens (including phenoxy) is 1. The molecular weight excluding hydrogens is 736 g/mol. The summed E-state index contributed by atoms with van der Waals surface area (Å²) >= 11 is 5.81. The van der Waals surface area contributed by atoms with Gasteiger partial charge in [0.25, 0.3) is 11.8 Å². The Labute approximate surface area is 330 Å². The topological polar surface area (TPSA) is 238 Å². The molecule has 2 atom stereocenters. The second kappa shape index (κ2) is 17.9. The molecule has 0 radical (unpaired) electrons. The fourth-order valence-electron chi connectivity index (χ4n) is 6.69. The first-order valence-corrected chi connectivity index (χ1v) is 19.4.